The second kappa shape index (κ2) is 11.0. The molecule has 0 saturated heterocycles. The lowest BCUT2D eigenvalue weighted by Crippen LogP contribution is -2.14. The zero-order valence-corrected chi connectivity index (χ0v) is 29.9. The fourth-order valence-corrected chi connectivity index (χ4v) is 10.3. The molecule has 0 bridgehead atoms. The highest BCUT2D eigenvalue weighted by molar-refractivity contribution is 7.25. The molecule has 0 N–H and O–H groups in total. The van der Waals surface area contributed by atoms with E-state index < -0.39 is 0 Å². The van der Waals surface area contributed by atoms with Crippen LogP contribution >= 0.6 is 11.3 Å². The van der Waals surface area contributed by atoms with Crippen LogP contribution < -0.4 is 0 Å². The minimum absolute atomic E-state index is 0.0839. The monoisotopic (exact) mass is 678 g/mol. The number of hydrogen-bond donors (Lipinski definition) is 0. The van der Waals surface area contributed by atoms with Crippen LogP contribution in [0.5, 0.6) is 0 Å². The maximum absolute atomic E-state index is 2.49. The molecule has 0 radical (unpaired) electrons. The average molecular weight is 679 g/mol. The minimum atomic E-state index is -0.0839. The van der Waals surface area contributed by atoms with E-state index in [-0.39, 0.29) is 5.41 Å². The van der Waals surface area contributed by atoms with E-state index in [1.807, 2.05) is 11.3 Å². The number of rotatable bonds is 3. The molecule has 1 heterocycles. The van der Waals surface area contributed by atoms with Crippen molar-refractivity contribution in [2.75, 3.05) is 0 Å². The van der Waals surface area contributed by atoms with Crippen molar-refractivity contribution in [2.24, 2.45) is 0 Å². The molecule has 11 rings (SSSR count). The van der Waals surface area contributed by atoms with Gasteiger partial charge in [-0.05, 0) is 118 Å². The van der Waals surface area contributed by atoms with Gasteiger partial charge in [-0.2, -0.15) is 0 Å². The molecule has 1 aliphatic carbocycles. The second-order valence-electron chi connectivity index (χ2n) is 14.8. The van der Waals surface area contributed by atoms with Crippen molar-refractivity contribution in [1.29, 1.82) is 0 Å². The summed E-state index contributed by atoms with van der Waals surface area (Å²) in [7, 11) is 0. The van der Waals surface area contributed by atoms with Gasteiger partial charge in [0.2, 0.25) is 0 Å². The molecule has 1 heteroatoms. The summed E-state index contributed by atoms with van der Waals surface area (Å²) in [6.45, 7) is 4.76. The van der Waals surface area contributed by atoms with E-state index in [9.17, 15) is 0 Å². The fraction of sp³-hybridized carbons (Fsp3) is 0.0588. The van der Waals surface area contributed by atoms with Crippen molar-refractivity contribution < 1.29 is 0 Å². The minimum Gasteiger partial charge on any atom is -0.135 e. The Labute approximate surface area is 307 Å². The van der Waals surface area contributed by atoms with Crippen LogP contribution in [-0.2, 0) is 5.41 Å². The van der Waals surface area contributed by atoms with E-state index in [1.165, 1.54) is 108 Å². The lowest BCUT2D eigenvalue weighted by Gasteiger charge is -2.23. The van der Waals surface area contributed by atoms with Crippen molar-refractivity contribution in [3.8, 4) is 44.5 Å². The van der Waals surface area contributed by atoms with Crippen LogP contribution in [0.3, 0.4) is 0 Å². The molecule has 9 aromatic carbocycles. The zero-order valence-electron chi connectivity index (χ0n) is 29.1. The first kappa shape index (κ1) is 29.7. The Bertz CT molecular complexity index is 3100. The summed E-state index contributed by atoms with van der Waals surface area (Å²) < 4.78 is 2.66. The van der Waals surface area contributed by atoms with Gasteiger partial charge in [0.05, 0.1) is 0 Å². The van der Waals surface area contributed by atoms with Crippen LogP contribution in [0.15, 0.2) is 170 Å². The molecule has 0 nitrogen and oxygen atoms in total. The Balaban J connectivity index is 1.26. The van der Waals surface area contributed by atoms with E-state index in [1.54, 1.807) is 0 Å². The van der Waals surface area contributed by atoms with Crippen LogP contribution in [0.2, 0.25) is 0 Å². The molecule has 0 atom stereocenters. The van der Waals surface area contributed by atoms with Crippen LogP contribution in [0.25, 0.3) is 97.0 Å². The number of hydrogen-bond acceptors (Lipinski definition) is 1. The number of benzene rings is 9. The highest BCUT2D eigenvalue weighted by Gasteiger charge is 2.35. The van der Waals surface area contributed by atoms with E-state index >= 15 is 0 Å². The van der Waals surface area contributed by atoms with Crippen LogP contribution in [0.1, 0.15) is 25.0 Å². The summed E-state index contributed by atoms with van der Waals surface area (Å²) in [5, 5.41) is 10.3. The maximum atomic E-state index is 2.49. The molecule has 0 fully saturated rings. The van der Waals surface area contributed by atoms with Crippen molar-refractivity contribution in [1.82, 2.24) is 0 Å². The van der Waals surface area contributed by atoms with Crippen molar-refractivity contribution in [3.63, 3.8) is 0 Å². The van der Waals surface area contributed by atoms with E-state index in [2.05, 4.69) is 184 Å². The van der Waals surface area contributed by atoms with E-state index in [0.29, 0.717) is 0 Å². The van der Waals surface area contributed by atoms with Gasteiger partial charge in [-0.25, -0.2) is 0 Å². The van der Waals surface area contributed by atoms with Crippen molar-refractivity contribution in [2.45, 2.75) is 19.3 Å². The first-order valence-corrected chi connectivity index (χ1v) is 19.0. The van der Waals surface area contributed by atoms with Crippen molar-refractivity contribution >= 4 is 63.8 Å². The molecule has 0 spiro atoms. The summed E-state index contributed by atoms with van der Waals surface area (Å²) in [5.41, 5.74) is 13.1. The first-order valence-electron chi connectivity index (χ1n) is 18.2. The van der Waals surface area contributed by atoms with Gasteiger partial charge in [-0.1, -0.05) is 153 Å². The first-order chi connectivity index (χ1) is 25.5. The molecule has 52 heavy (non-hydrogen) atoms. The predicted molar refractivity (Wildman–Crippen MR) is 226 cm³/mol. The highest BCUT2D eigenvalue weighted by Crippen LogP contribution is 2.52. The molecular formula is C51H34S. The third kappa shape index (κ3) is 4.21. The Morgan fingerprint density at radius 3 is 1.87 bits per heavy atom. The molecule has 0 aliphatic heterocycles. The van der Waals surface area contributed by atoms with E-state index in [0.717, 1.165) is 0 Å². The van der Waals surface area contributed by atoms with Crippen LogP contribution in [0, 0.1) is 0 Å². The highest BCUT2D eigenvalue weighted by atomic mass is 32.1. The van der Waals surface area contributed by atoms with Crippen molar-refractivity contribution in [3.05, 3.63) is 181 Å². The average Bonchev–Trinajstić information content (AvgIpc) is 3.68. The molecular weight excluding hydrogens is 645 g/mol. The van der Waals surface area contributed by atoms with Gasteiger partial charge in [-0.15, -0.1) is 11.3 Å². The van der Waals surface area contributed by atoms with Crippen LogP contribution in [-0.4, -0.2) is 0 Å². The largest absolute Gasteiger partial charge is 0.135 e. The zero-order chi connectivity index (χ0) is 34.6. The smallest absolute Gasteiger partial charge is 0.0361 e. The lowest BCUT2D eigenvalue weighted by molar-refractivity contribution is 0.660. The van der Waals surface area contributed by atoms with Gasteiger partial charge in [0.1, 0.15) is 0 Å². The van der Waals surface area contributed by atoms with Gasteiger partial charge in [-0.3, -0.25) is 0 Å². The molecule has 0 unspecified atom stereocenters. The van der Waals surface area contributed by atoms with Gasteiger partial charge in [0, 0.05) is 25.6 Å². The Morgan fingerprint density at radius 1 is 0.365 bits per heavy atom. The standard InChI is InChI=1S/C51H34S/c1-51(2)44-19-9-7-14-36(44)37-26-25-35(30-45(37)51)48-38-15-5-6-16-39(38)49(42-18-11-21-47-50(42)41-17-8-10-20-46(41)52-47)40-27-24-34(29-43(40)48)33-23-22-31-12-3-4-13-32(31)28-33/h3-30H,1-2H3. The van der Waals surface area contributed by atoms with Gasteiger partial charge in [0.25, 0.3) is 0 Å². The Morgan fingerprint density at radius 2 is 0.981 bits per heavy atom. The Kier molecular flexibility index (Phi) is 6.27. The molecule has 0 saturated carbocycles. The normalized spacial score (nSPS) is 13.3. The summed E-state index contributed by atoms with van der Waals surface area (Å²) in [6, 6.07) is 63.7. The van der Waals surface area contributed by atoms with Crippen LogP contribution in [0.4, 0.5) is 0 Å². The molecule has 1 aromatic heterocycles. The maximum Gasteiger partial charge on any atom is 0.0361 e. The van der Waals surface area contributed by atoms with Gasteiger partial charge >= 0.3 is 0 Å². The summed E-state index contributed by atoms with van der Waals surface area (Å²) in [4.78, 5) is 0. The third-order valence-electron chi connectivity index (χ3n) is 11.7. The van der Waals surface area contributed by atoms with Gasteiger partial charge in [0.15, 0.2) is 0 Å². The van der Waals surface area contributed by atoms with E-state index in [4.69, 9.17) is 0 Å². The predicted octanol–water partition coefficient (Wildman–Crippen LogP) is 14.8. The summed E-state index contributed by atoms with van der Waals surface area (Å²) in [6.07, 6.45) is 0. The third-order valence-corrected chi connectivity index (χ3v) is 12.8. The number of fused-ring (bicyclic) bond motifs is 9. The Hall–Kier alpha value is -6.02. The quantitative estimate of drug-likeness (QED) is 0.163. The fourth-order valence-electron chi connectivity index (χ4n) is 9.17. The molecule has 244 valence electrons. The van der Waals surface area contributed by atoms with Gasteiger partial charge < -0.3 is 0 Å². The number of thiophene rings is 1. The second-order valence-corrected chi connectivity index (χ2v) is 15.9. The summed E-state index contributed by atoms with van der Waals surface area (Å²) >= 11 is 1.89. The topological polar surface area (TPSA) is 0 Å². The summed E-state index contributed by atoms with van der Waals surface area (Å²) in [5.74, 6) is 0. The molecule has 0 amide bonds. The lowest BCUT2D eigenvalue weighted by atomic mass is 9.80. The molecule has 1 aliphatic rings. The molecule has 10 aromatic rings. The SMILES string of the molecule is CC1(C)c2ccccc2-c2ccc(-c3c4ccccc4c(-c4cccc5sc6ccccc6c45)c4ccc(-c5ccc6ccccc6c5)cc34)cc21.